The second kappa shape index (κ2) is 13.7. The lowest BCUT2D eigenvalue weighted by atomic mass is 10.2. The summed E-state index contributed by atoms with van der Waals surface area (Å²) in [4.78, 5) is 17.0. The van der Waals surface area contributed by atoms with Crippen LogP contribution in [-0.2, 0) is 9.53 Å². The van der Waals surface area contributed by atoms with E-state index in [1.54, 1.807) is 0 Å². The first-order valence-corrected chi connectivity index (χ1v) is 12.0. The first-order chi connectivity index (χ1) is 16.6. The van der Waals surface area contributed by atoms with Gasteiger partial charge in [-0.05, 0) is 39.4 Å². The van der Waals surface area contributed by atoms with Crippen molar-refractivity contribution in [2.24, 2.45) is 0 Å². The Morgan fingerprint density at radius 2 is 1.74 bits per heavy atom. The lowest BCUT2D eigenvalue weighted by Gasteiger charge is -2.31. The predicted molar refractivity (Wildman–Crippen MR) is 134 cm³/mol. The molecule has 0 saturated carbocycles. The Kier molecular flexibility index (Phi) is 10.3. The van der Waals surface area contributed by atoms with Gasteiger partial charge in [0.2, 0.25) is 5.91 Å². The van der Waals surface area contributed by atoms with Crippen molar-refractivity contribution in [2.75, 3.05) is 76.5 Å². The van der Waals surface area contributed by atoms with Crippen LogP contribution in [0.3, 0.4) is 0 Å². The molecule has 1 heterocycles. The molecule has 3 rings (SSSR count). The number of hydrogen-bond donors (Lipinski definition) is 1. The molecule has 0 spiro atoms. The van der Waals surface area contributed by atoms with Crippen molar-refractivity contribution in [3.05, 3.63) is 42.5 Å². The number of hydrogen-bond acceptors (Lipinski definition) is 7. The standard InChI is InChI=1S/C26H37N3O5/c1-4-32-24-19-23(29-13-16-31-17-14-29)25(33-5-2)18-22(24)27-26(30)20-28(3)12-9-15-34-21-10-7-6-8-11-21/h6-8,10-11,18-19H,4-5,9,12-17,20H2,1-3H3,(H,27,30). The van der Waals surface area contributed by atoms with E-state index in [9.17, 15) is 4.79 Å². The third-order valence-corrected chi connectivity index (χ3v) is 5.40. The van der Waals surface area contributed by atoms with Crippen LogP contribution >= 0.6 is 0 Å². The fourth-order valence-corrected chi connectivity index (χ4v) is 3.80. The average Bonchev–Trinajstić information content (AvgIpc) is 2.85. The summed E-state index contributed by atoms with van der Waals surface area (Å²) in [6, 6.07) is 13.6. The first kappa shape index (κ1) is 25.6. The molecule has 1 N–H and O–H groups in total. The van der Waals surface area contributed by atoms with E-state index in [2.05, 4.69) is 10.2 Å². The monoisotopic (exact) mass is 471 g/mol. The van der Waals surface area contributed by atoms with Crippen molar-refractivity contribution in [3.8, 4) is 17.2 Å². The lowest BCUT2D eigenvalue weighted by Crippen LogP contribution is -2.36. The summed E-state index contributed by atoms with van der Waals surface area (Å²) in [5.41, 5.74) is 1.58. The maximum atomic E-state index is 12.8. The molecule has 8 heteroatoms. The fourth-order valence-electron chi connectivity index (χ4n) is 3.80. The summed E-state index contributed by atoms with van der Waals surface area (Å²) < 4.78 is 23.0. The normalized spacial score (nSPS) is 13.6. The van der Waals surface area contributed by atoms with Crippen LogP contribution in [0.2, 0.25) is 0 Å². The van der Waals surface area contributed by atoms with Crippen molar-refractivity contribution in [3.63, 3.8) is 0 Å². The minimum atomic E-state index is -0.103. The molecule has 34 heavy (non-hydrogen) atoms. The number of nitrogens with one attached hydrogen (secondary N) is 1. The van der Waals surface area contributed by atoms with Crippen molar-refractivity contribution in [1.29, 1.82) is 0 Å². The number of para-hydroxylation sites is 1. The maximum absolute atomic E-state index is 12.8. The molecule has 1 aliphatic rings. The molecule has 0 unspecified atom stereocenters. The lowest BCUT2D eigenvalue weighted by molar-refractivity contribution is -0.117. The van der Waals surface area contributed by atoms with Crippen molar-refractivity contribution < 1.29 is 23.7 Å². The second-order valence-electron chi connectivity index (χ2n) is 8.08. The number of benzene rings is 2. The smallest absolute Gasteiger partial charge is 0.238 e. The Morgan fingerprint density at radius 1 is 1.03 bits per heavy atom. The summed E-state index contributed by atoms with van der Waals surface area (Å²) in [5, 5.41) is 3.01. The zero-order valence-corrected chi connectivity index (χ0v) is 20.5. The minimum absolute atomic E-state index is 0.103. The Labute approximate surface area is 202 Å². The summed E-state index contributed by atoms with van der Waals surface area (Å²) in [5.74, 6) is 2.13. The van der Waals surface area contributed by atoms with Crippen LogP contribution in [0.4, 0.5) is 11.4 Å². The van der Waals surface area contributed by atoms with Gasteiger partial charge < -0.3 is 29.2 Å². The largest absolute Gasteiger partial charge is 0.494 e. The highest BCUT2D eigenvalue weighted by molar-refractivity contribution is 5.94. The number of ether oxygens (including phenoxy) is 4. The van der Waals surface area contributed by atoms with Gasteiger partial charge in [-0.2, -0.15) is 0 Å². The highest BCUT2D eigenvalue weighted by Crippen LogP contribution is 2.39. The molecule has 0 atom stereocenters. The molecule has 0 radical (unpaired) electrons. The second-order valence-corrected chi connectivity index (χ2v) is 8.08. The average molecular weight is 472 g/mol. The van der Waals surface area contributed by atoms with Crippen LogP contribution in [-0.4, -0.2) is 77.1 Å². The van der Waals surface area contributed by atoms with Crippen LogP contribution in [0, 0.1) is 0 Å². The minimum Gasteiger partial charge on any atom is -0.494 e. The summed E-state index contributed by atoms with van der Waals surface area (Å²) in [7, 11) is 1.93. The molecule has 1 aliphatic heterocycles. The number of likely N-dealkylation sites (N-methyl/N-ethyl adjacent to an activating group) is 1. The molecule has 2 aromatic rings. The molecule has 8 nitrogen and oxygen atoms in total. The number of carbonyl (C=O) groups is 1. The van der Waals surface area contributed by atoms with Gasteiger partial charge in [-0.25, -0.2) is 0 Å². The number of morpholine rings is 1. The molecule has 2 aromatic carbocycles. The third kappa shape index (κ3) is 7.81. The number of nitrogens with zero attached hydrogens (tertiary/aromatic N) is 2. The number of carbonyl (C=O) groups excluding carboxylic acids is 1. The van der Waals surface area contributed by atoms with Crippen molar-refractivity contribution >= 4 is 17.3 Å². The summed E-state index contributed by atoms with van der Waals surface area (Å²) >= 11 is 0. The van der Waals surface area contributed by atoms with Gasteiger partial charge in [-0.15, -0.1) is 0 Å². The van der Waals surface area contributed by atoms with Gasteiger partial charge in [-0.1, -0.05) is 18.2 Å². The van der Waals surface area contributed by atoms with Crippen molar-refractivity contribution in [1.82, 2.24) is 4.90 Å². The van der Waals surface area contributed by atoms with E-state index in [1.807, 2.05) is 68.3 Å². The van der Waals surface area contributed by atoms with E-state index in [-0.39, 0.29) is 12.5 Å². The van der Waals surface area contributed by atoms with E-state index < -0.39 is 0 Å². The molecule has 0 aliphatic carbocycles. The van der Waals surface area contributed by atoms with Crippen LogP contribution in [0.1, 0.15) is 20.3 Å². The third-order valence-electron chi connectivity index (χ3n) is 5.40. The van der Waals surface area contributed by atoms with Gasteiger partial charge in [0, 0.05) is 31.8 Å². The Balaban J connectivity index is 1.58. The molecule has 0 aromatic heterocycles. The Hall–Kier alpha value is -2.97. The molecule has 1 saturated heterocycles. The van der Waals surface area contributed by atoms with Gasteiger partial charge in [-0.3, -0.25) is 9.69 Å². The van der Waals surface area contributed by atoms with Crippen LogP contribution in [0.25, 0.3) is 0 Å². The number of rotatable bonds is 13. The number of anilines is 2. The SMILES string of the molecule is CCOc1cc(N2CCOCC2)c(OCC)cc1NC(=O)CN(C)CCCOc1ccccc1. The van der Waals surface area contributed by atoms with E-state index in [0.29, 0.717) is 44.5 Å². The van der Waals surface area contributed by atoms with E-state index in [1.165, 1.54) is 0 Å². The highest BCUT2D eigenvalue weighted by Gasteiger charge is 2.20. The quantitative estimate of drug-likeness (QED) is 0.447. The summed E-state index contributed by atoms with van der Waals surface area (Å²) in [6.07, 6.45) is 0.825. The molecule has 1 fully saturated rings. The maximum Gasteiger partial charge on any atom is 0.238 e. The van der Waals surface area contributed by atoms with Crippen LogP contribution in [0.5, 0.6) is 17.2 Å². The summed E-state index contributed by atoms with van der Waals surface area (Å²) in [6.45, 7) is 9.47. The predicted octanol–water partition coefficient (Wildman–Crippen LogP) is 3.66. The van der Waals surface area contributed by atoms with Gasteiger partial charge >= 0.3 is 0 Å². The van der Waals surface area contributed by atoms with E-state index in [4.69, 9.17) is 18.9 Å². The highest BCUT2D eigenvalue weighted by atomic mass is 16.5. The van der Waals surface area contributed by atoms with Crippen molar-refractivity contribution in [2.45, 2.75) is 20.3 Å². The first-order valence-electron chi connectivity index (χ1n) is 12.0. The van der Waals surface area contributed by atoms with Gasteiger partial charge in [0.1, 0.15) is 17.2 Å². The molecular formula is C26H37N3O5. The van der Waals surface area contributed by atoms with E-state index >= 15 is 0 Å². The zero-order valence-electron chi connectivity index (χ0n) is 20.5. The van der Waals surface area contributed by atoms with Gasteiger partial charge in [0.15, 0.2) is 0 Å². The topological polar surface area (TPSA) is 72.5 Å². The number of amides is 1. The van der Waals surface area contributed by atoms with Gasteiger partial charge in [0.25, 0.3) is 0 Å². The molecule has 186 valence electrons. The Morgan fingerprint density at radius 3 is 2.44 bits per heavy atom. The molecule has 0 bridgehead atoms. The Bertz CT molecular complexity index is 888. The van der Waals surface area contributed by atoms with Crippen LogP contribution < -0.4 is 24.4 Å². The molecule has 1 amide bonds. The van der Waals surface area contributed by atoms with E-state index in [0.717, 1.165) is 43.2 Å². The molecular weight excluding hydrogens is 434 g/mol. The van der Waals surface area contributed by atoms with Crippen LogP contribution in [0.15, 0.2) is 42.5 Å². The zero-order chi connectivity index (χ0) is 24.2. The van der Waals surface area contributed by atoms with Gasteiger partial charge in [0.05, 0.1) is 51.0 Å². The fraction of sp³-hybridized carbons (Fsp3) is 0.500.